The molecule has 0 nitrogen and oxygen atoms in total. The second-order valence-corrected chi connectivity index (χ2v) is 139. The van der Waals surface area contributed by atoms with Crippen molar-refractivity contribution in [3.8, 4) is 0 Å². The van der Waals surface area contributed by atoms with E-state index >= 15 is 0 Å². The summed E-state index contributed by atoms with van der Waals surface area (Å²) < 4.78 is -3.06. The topological polar surface area (TPSA) is 0 Å². The Bertz CT molecular complexity index is 987. The molecule has 0 spiro atoms. The molecule has 0 bridgehead atoms. The van der Waals surface area contributed by atoms with Gasteiger partial charge in [-0.1, -0.05) is 0 Å². The van der Waals surface area contributed by atoms with Crippen molar-refractivity contribution in [2.75, 3.05) is 0 Å². The molecular formula is C36H84Si7Te. The van der Waals surface area contributed by atoms with Crippen molar-refractivity contribution < 1.29 is 0 Å². The summed E-state index contributed by atoms with van der Waals surface area (Å²) in [6.45, 7) is 80.2. The van der Waals surface area contributed by atoms with Crippen LogP contribution >= 0.6 is 0 Å². The molecule has 8 heteroatoms. The first kappa shape index (κ1) is 42.5. The van der Waals surface area contributed by atoms with Crippen LogP contribution in [-0.2, 0) is 0 Å². The fourth-order valence-electron chi connectivity index (χ4n) is 13.2. The Labute approximate surface area is 294 Å². The minimum absolute atomic E-state index is 0.104. The molecule has 0 aromatic rings. The van der Waals surface area contributed by atoms with Gasteiger partial charge >= 0.3 is 297 Å². The van der Waals surface area contributed by atoms with E-state index in [0.29, 0.717) is 40.3 Å². The zero-order valence-corrected chi connectivity index (χ0v) is 45.2. The van der Waals surface area contributed by atoms with Gasteiger partial charge in [-0.15, -0.1) is 0 Å². The SMILES string of the molecule is CC(C)(C)[Si](C)(C(C)(C)C)[Si]1([Si](C)(C(C)(C)C)C(C)(C)C)[Si@@]2([Si](C)(C(C)(C)C)C(C)(C)C)[Te][Si@@]12[Si](C)(C(C)(C)C)C(C)(C)C. The van der Waals surface area contributed by atoms with Crippen LogP contribution in [0.2, 0.25) is 66.5 Å². The van der Waals surface area contributed by atoms with Gasteiger partial charge in [-0.05, 0) is 0 Å². The van der Waals surface area contributed by atoms with Crippen LogP contribution in [0.4, 0.5) is 0 Å². The Morgan fingerprint density at radius 3 is 0.523 bits per heavy atom. The van der Waals surface area contributed by atoms with Crippen molar-refractivity contribution in [2.24, 2.45) is 0 Å². The van der Waals surface area contributed by atoms with E-state index in [4.69, 9.17) is 0 Å². The van der Waals surface area contributed by atoms with Gasteiger partial charge < -0.3 is 0 Å². The summed E-state index contributed by atoms with van der Waals surface area (Å²) in [7, 11) is -7.29. The third-order valence-corrected chi connectivity index (χ3v) is 351. The van der Waals surface area contributed by atoms with Gasteiger partial charge in [-0.25, -0.2) is 0 Å². The fourth-order valence-corrected chi connectivity index (χ4v) is 836. The zero-order valence-electron chi connectivity index (χ0n) is 35.9. The van der Waals surface area contributed by atoms with E-state index in [1.54, 1.807) is 0 Å². The average molecular weight is 841 g/mol. The van der Waals surface area contributed by atoms with Crippen LogP contribution in [0.15, 0.2) is 0 Å². The molecule has 2 atom stereocenters. The molecule has 0 radical (unpaired) electrons. The standard InChI is InChI=1S/C36H84Si7Te/c1-29(2,3)37(25,30(4,5)6)41(38(26,31(7,8)9)32(10,11)12)42(39(27,33(13,14)15)34(16,17)18)43(41,44-42)40(28,35(19,20)21)36(22,23)24/h1-28H3/t42-,43+. The van der Waals surface area contributed by atoms with Crippen molar-refractivity contribution in [1.82, 2.24) is 0 Å². The quantitative estimate of drug-likeness (QED) is 0.247. The van der Waals surface area contributed by atoms with Crippen molar-refractivity contribution in [3.05, 3.63) is 0 Å². The third kappa shape index (κ3) is 4.28. The normalized spacial score (nSPS) is 26.5. The summed E-state index contributed by atoms with van der Waals surface area (Å²) in [5, 5.41) is 3.69. The monoisotopic (exact) mass is 842 g/mol. The van der Waals surface area contributed by atoms with Gasteiger partial charge in [0, 0.05) is 0 Å². The van der Waals surface area contributed by atoms with Crippen LogP contribution < -0.4 is 0 Å². The van der Waals surface area contributed by atoms with Gasteiger partial charge in [-0.3, -0.25) is 0 Å². The van der Waals surface area contributed by atoms with E-state index in [9.17, 15) is 0 Å². The van der Waals surface area contributed by atoms with Crippen LogP contribution in [0.25, 0.3) is 0 Å². The van der Waals surface area contributed by atoms with E-state index in [2.05, 4.69) is 192 Å². The van der Waals surface area contributed by atoms with Gasteiger partial charge in [0.25, 0.3) is 0 Å². The summed E-state index contributed by atoms with van der Waals surface area (Å²) in [6.07, 6.45) is -1.78. The molecule has 0 saturated carbocycles. The molecule has 0 unspecified atom stereocenters. The first-order valence-corrected chi connectivity index (χ1v) is 48.0. The van der Waals surface area contributed by atoms with Crippen LogP contribution in [0.5, 0.6) is 0 Å². The van der Waals surface area contributed by atoms with Gasteiger partial charge in [0.1, 0.15) is 0 Å². The van der Waals surface area contributed by atoms with E-state index in [1.165, 1.54) is 0 Å². The van der Waals surface area contributed by atoms with E-state index in [-0.39, 0.29) is 19.3 Å². The van der Waals surface area contributed by atoms with E-state index < -0.39 is 44.9 Å². The van der Waals surface area contributed by atoms with Crippen LogP contribution in [0, 0.1) is 0 Å². The zero-order chi connectivity index (χ0) is 36.2. The molecule has 2 aliphatic rings. The second kappa shape index (κ2) is 10.2. The molecule has 2 rings (SSSR count). The summed E-state index contributed by atoms with van der Waals surface area (Å²) >= 11 is 0.104. The Morgan fingerprint density at radius 2 is 0.409 bits per heavy atom. The first-order valence-electron chi connectivity index (χ1n) is 18.2. The summed E-state index contributed by atoms with van der Waals surface area (Å²) in [5.74, 6) is 0. The average Bonchev–Trinajstić information content (AvgIpc) is 3.52. The molecule has 44 heavy (non-hydrogen) atoms. The van der Waals surface area contributed by atoms with Gasteiger partial charge in [0.2, 0.25) is 0 Å². The molecular weight excluding hydrogens is 757 g/mol. The predicted octanol–water partition coefficient (Wildman–Crippen LogP) is 13.3. The Kier molecular flexibility index (Phi) is 9.86. The summed E-state index contributed by atoms with van der Waals surface area (Å²) in [6, 6.07) is 0. The van der Waals surface area contributed by atoms with Crippen molar-refractivity contribution in [1.29, 1.82) is 0 Å². The van der Waals surface area contributed by atoms with Gasteiger partial charge in [0.05, 0.1) is 0 Å². The molecule has 262 valence electrons. The summed E-state index contributed by atoms with van der Waals surface area (Å²) in [5.41, 5.74) is 0. The maximum absolute atomic E-state index is 3.17. The van der Waals surface area contributed by atoms with Crippen molar-refractivity contribution in [2.45, 2.75) is 233 Å². The molecule has 0 aromatic heterocycles. The molecule has 2 fully saturated rings. The molecule has 0 aromatic carbocycles. The molecule has 2 heterocycles. The first-order chi connectivity index (χ1) is 18.5. The van der Waals surface area contributed by atoms with E-state index in [0.717, 1.165) is 0 Å². The Morgan fingerprint density at radius 1 is 0.273 bits per heavy atom. The third-order valence-electron chi connectivity index (χ3n) is 16.7. The molecule has 0 amide bonds. The molecule has 2 saturated heterocycles. The van der Waals surface area contributed by atoms with Gasteiger partial charge in [-0.2, -0.15) is 0 Å². The Hall–Kier alpha value is 2.31. The molecule has 0 aliphatic carbocycles. The number of fused-ring (bicyclic) bond motifs is 1. The number of rotatable bonds is 4. The minimum atomic E-state index is -1.89. The van der Waals surface area contributed by atoms with Crippen molar-refractivity contribution >= 4 is 64.2 Å². The van der Waals surface area contributed by atoms with Crippen LogP contribution in [-0.4, -0.2) is 64.2 Å². The molecule has 2 aliphatic heterocycles. The van der Waals surface area contributed by atoms with Crippen molar-refractivity contribution in [3.63, 3.8) is 0 Å². The molecule has 0 N–H and O–H groups in total. The predicted molar refractivity (Wildman–Crippen MR) is 227 cm³/mol. The van der Waals surface area contributed by atoms with E-state index in [1.807, 2.05) is 0 Å². The summed E-state index contributed by atoms with van der Waals surface area (Å²) in [4.78, 5) is 0. The Balaban J connectivity index is 3.76. The second-order valence-electron chi connectivity index (χ2n) is 24.7. The maximum atomic E-state index is 3.17. The van der Waals surface area contributed by atoms with Crippen LogP contribution in [0.1, 0.15) is 166 Å². The number of hydrogen-bond donors (Lipinski definition) is 0. The number of hydrogen-bond acceptors (Lipinski definition) is 0. The fraction of sp³-hybridized carbons (Fsp3) is 1.00. The van der Waals surface area contributed by atoms with Gasteiger partial charge in [0.15, 0.2) is 0 Å². The van der Waals surface area contributed by atoms with Crippen LogP contribution in [0.3, 0.4) is 0 Å².